The number of hydrogen-bond donors (Lipinski definition) is 1. The van der Waals surface area contributed by atoms with E-state index in [1.165, 1.54) is 24.1 Å². The van der Waals surface area contributed by atoms with E-state index in [9.17, 15) is 0 Å². The van der Waals surface area contributed by atoms with Crippen LogP contribution in [-0.2, 0) is 6.54 Å². The fourth-order valence-corrected chi connectivity index (χ4v) is 2.83. The Balaban J connectivity index is 3.03. The summed E-state index contributed by atoms with van der Waals surface area (Å²) in [5.41, 5.74) is 2.54. The molecule has 0 aliphatic carbocycles. The molecule has 1 atom stereocenters. The summed E-state index contributed by atoms with van der Waals surface area (Å²) >= 11 is 6.55. The largest absolute Gasteiger partial charge is 0.367 e. The third-order valence-electron chi connectivity index (χ3n) is 3.98. The van der Waals surface area contributed by atoms with Crippen LogP contribution in [-0.4, -0.2) is 19.1 Å². The van der Waals surface area contributed by atoms with Gasteiger partial charge in [0.2, 0.25) is 0 Å². The molecular weight excluding hydrogens is 280 g/mol. The highest BCUT2D eigenvalue weighted by Crippen LogP contribution is 2.32. The summed E-state index contributed by atoms with van der Waals surface area (Å²) < 4.78 is 0. The molecule has 1 rings (SSSR count). The summed E-state index contributed by atoms with van der Waals surface area (Å²) in [6.07, 6.45) is 4.70. The van der Waals surface area contributed by atoms with Crippen molar-refractivity contribution in [2.45, 2.75) is 66.0 Å². The van der Waals surface area contributed by atoms with Gasteiger partial charge >= 0.3 is 0 Å². The Bertz CT molecular complexity index is 406. The van der Waals surface area contributed by atoms with Crippen molar-refractivity contribution in [1.82, 2.24) is 5.32 Å². The molecule has 2 nitrogen and oxygen atoms in total. The lowest BCUT2D eigenvalue weighted by molar-refractivity contribution is 0.590. The quantitative estimate of drug-likeness (QED) is 0.594. The van der Waals surface area contributed by atoms with E-state index in [-0.39, 0.29) is 0 Å². The van der Waals surface area contributed by atoms with E-state index in [1.54, 1.807) is 0 Å². The third kappa shape index (κ3) is 5.52. The first-order chi connectivity index (χ1) is 10.2. The van der Waals surface area contributed by atoms with Crippen molar-refractivity contribution in [2.75, 3.05) is 18.0 Å². The van der Waals surface area contributed by atoms with Crippen LogP contribution in [0.25, 0.3) is 0 Å². The van der Waals surface area contributed by atoms with Crippen molar-refractivity contribution in [1.29, 1.82) is 0 Å². The second kappa shape index (κ2) is 10.1. The molecule has 0 radical (unpaired) electrons. The molecule has 0 aliphatic rings. The molecule has 120 valence electrons. The summed E-state index contributed by atoms with van der Waals surface area (Å²) in [5, 5.41) is 4.38. The fraction of sp³-hybridized carbons (Fsp3) is 0.667. The number of benzene rings is 1. The Kier molecular flexibility index (Phi) is 8.79. The van der Waals surface area contributed by atoms with Crippen LogP contribution in [0.15, 0.2) is 18.2 Å². The maximum atomic E-state index is 6.55. The van der Waals surface area contributed by atoms with Crippen molar-refractivity contribution < 1.29 is 0 Å². The Morgan fingerprint density at radius 1 is 1.19 bits per heavy atom. The number of nitrogens with zero attached hydrogens (tertiary/aromatic N) is 1. The second-order valence-electron chi connectivity index (χ2n) is 5.73. The van der Waals surface area contributed by atoms with Gasteiger partial charge in [0.05, 0.1) is 10.7 Å². The summed E-state index contributed by atoms with van der Waals surface area (Å²) in [6, 6.07) is 6.79. The Morgan fingerprint density at radius 2 is 1.95 bits per heavy atom. The first-order valence-corrected chi connectivity index (χ1v) is 8.78. The van der Waals surface area contributed by atoms with Gasteiger partial charge in [-0.25, -0.2) is 0 Å². The van der Waals surface area contributed by atoms with E-state index in [4.69, 9.17) is 11.6 Å². The predicted octanol–water partition coefficient (Wildman–Crippen LogP) is 5.24. The number of unbranched alkanes of at least 4 members (excludes halogenated alkanes) is 1. The van der Waals surface area contributed by atoms with Gasteiger partial charge in [0.25, 0.3) is 0 Å². The second-order valence-corrected chi connectivity index (χ2v) is 6.14. The molecule has 0 saturated carbocycles. The van der Waals surface area contributed by atoms with Gasteiger partial charge in [0.15, 0.2) is 0 Å². The first kappa shape index (κ1) is 18.3. The molecule has 1 unspecified atom stereocenters. The van der Waals surface area contributed by atoms with Crippen LogP contribution in [0.2, 0.25) is 5.02 Å². The summed E-state index contributed by atoms with van der Waals surface area (Å²) in [5.74, 6) is 0. The van der Waals surface area contributed by atoms with Crippen molar-refractivity contribution in [3.05, 3.63) is 28.8 Å². The molecule has 0 saturated heterocycles. The Labute approximate surface area is 135 Å². The SMILES string of the molecule is CCCCN(c1c(Cl)cccc1CNCCC)C(C)CC. The first-order valence-electron chi connectivity index (χ1n) is 8.40. The van der Waals surface area contributed by atoms with E-state index in [0.29, 0.717) is 6.04 Å². The number of hydrogen-bond acceptors (Lipinski definition) is 2. The maximum absolute atomic E-state index is 6.55. The normalized spacial score (nSPS) is 12.4. The highest BCUT2D eigenvalue weighted by molar-refractivity contribution is 6.33. The van der Waals surface area contributed by atoms with Gasteiger partial charge in [-0.3, -0.25) is 0 Å². The molecular formula is C18H31ClN2. The number of halogens is 1. The van der Waals surface area contributed by atoms with Crippen LogP contribution in [0.1, 0.15) is 58.9 Å². The molecule has 1 aromatic rings. The summed E-state index contributed by atoms with van der Waals surface area (Å²) in [6.45, 7) is 12.0. The summed E-state index contributed by atoms with van der Waals surface area (Å²) in [7, 11) is 0. The van der Waals surface area contributed by atoms with Crippen LogP contribution in [0.5, 0.6) is 0 Å². The van der Waals surface area contributed by atoms with Gasteiger partial charge in [-0.05, 0) is 44.4 Å². The van der Waals surface area contributed by atoms with Gasteiger partial charge in [-0.15, -0.1) is 0 Å². The standard InChI is InChI=1S/C18H31ClN2/c1-5-8-13-21(15(4)7-3)18-16(14-20-12-6-2)10-9-11-17(18)19/h9-11,15,20H,5-8,12-14H2,1-4H3. The maximum Gasteiger partial charge on any atom is 0.0643 e. The molecule has 1 N–H and O–H groups in total. The molecule has 0 aromatic heterocycles. The molecule has 0 bridgehead atoms. The van der Waals surface area contributed by atoms with E-state index in [1.807, 2.05) is 6.07 Å². The van der Waals surface area contributed by atoms with E-state index in [0.717, 1.165) is 37.5 Å². The number of rotatable bonds is 10. The zero-order valence-corrected chi connectivity index (χ0v) is 14.8. The van der Waals surface area contributed by atoms with Crippen LogP contribution >= 0.6 is 11.6 Å². The average Bonchev–Trinajstić information content (AvgIpc) is 2.49. The highest BCUT2D eigenvalue weighted by atomic mass is 35.5. The van der Waals surface area contributed by atoms with Gasteiger partial charge in [-0.1, -0.05) is 50.9 Å². The molecule has 0 spiro atoms. The molecule has 0 heterocycles. The fourth-order valence-electron chi connectivity index (χ4n) is 2.53. The van der Waals surface area contributed by atoms with Crippen molar-refractivity contribution in [2.24, 2.45) is 0 Å². The lowest BCUT2D eigenvalue weighted by atomic mass is 10.1. The van der Waals surface area contributed by atoms with Gasteiger partial charge in [0.1, 0.15) is 0 Å². The highest BCUT2D eigenvalue weighted by Gasteiger charge is 2.18. The van der Waals surface area contributed by atoms with E-state index < -0.39 is 0 Å². The Morgan fingerprint density at radius 3 is 2.57 bits per heavy atom. The molecule has 0 amide bonds. The van der Waals surface area contributed by atoms with E-state index in [2.05, 4.69) is 50.0 Å². The van der Waals surface area contributed by atoms with Gasteiger partial charge in [0, 0.05) is 19.1 Å². The zero-order chi connectivity index (χ0) is 15.7. The molecule has 0 aliphatic heterocycles. The molecule has 0 fully saturated rings. The number of anilines is 1. The van der Waals surface area contributed by atoms with Gasteiger partial charge in [-0.2, -0.15) is 0 Å². The molecule has 21 heavy (non-hydrogen) atoms. The minimum Gasteiger partial charge on any atom is -0.367 e. The lowest BCUT2D eigenvalue weighted by Crippen LogP contribution is -2.35. The molecule has 3 heteroatoms. The lowest BCUT2D eigenvalue weighted by Gasteiger charge is -2.33. The van der Waals surface area contributed by atoms with Crippen molar-refractivity contribution in [3.63, 3.8) is 0 Å². The third-order valence-corrected chi connectivity index (χ3v) is 4.28. The molecule has 1 aromatic carbocycles. The Hall–Kier alpha value is -0.730. The van der Waals surface area contributed by atoms with Crippen LogP contribution < -0.4 is 10.2 Å². The minimum absolute atomic E-state index is 0.515. The minimum atomic E-state index is 0.515. The average molecular weight is 311 g/mol. The number of nitrogens with one attached hydrogen (secondary N) is 1. The topological polar surface area (TPSA) is 15.3 Å². The van der Waals surface area contributed by atoms with Gasteiger partial charge < -0.3 is 10.2 Å². The predicted molar refractivity (Wildman–Crippen MR) is 95.5 cm³/mol. The smallest absolute Gasteiger partial charge is 0.0643 e. The van der Waals surface area contributed by atoms with Crippen molar-refractivity contribution >= 4 is 17.3 Å². The van der Waals surface area contributed by atoms with Crippen LogP contribution in [0.3, 0.4) is 0 Å². The number of para-hydroxylation sites is 1. The summed E-state index contributed by atoms with van der Waals surface area (Å²) in [4.78, 5) is 2.49. The van der Waals surface area contributed by atoms with Crippen LogP contribution in [0, 0.1) is 0 Å². The monoisotopic (exact) mass is 310 g/mol. The van der Waals surface area contributed by atoms with Crippen LogP contribution in [0.4, 0.5) is 5.69 Å². The van der Waals surface area contributed by atoms with E-state index >= 15 is 0 Å². The van der Waals surface area contributed by atoms with Crippen molar-refractivity contribution in [3.8, 4) is 0 Å². The zero-order valence-electron chi connectivity index (χ0n) is 14.1.